The van der Waals surface area contributed by atoms with Gasteiger partial charge in [0, 0.05) is 4.90 Å². The van der Waals surface area contributed by atoms with Crippen molar-refractivity contribution >= 4 is 17.6 Å². The number of aromatic nitrogens is 2. The largest absolute Gasteiger partial charge is 0.383 e. The predicted molar refractivity (Wildman–Crippen MR) is 70.0 cm³/mol. The van der Waals surface area contributed by atoms with Crippen LogP contribution in [-0.2, 0) is 5.75 Å². The van der Waals surface area contributed by atoms with E-state index in [1.807, 2.05) is 0 Å². The van der Waals surface area contributed by atoms with E-state index in [1.165, 1.54) is 17.8 Å². The zero-order valence-electron chi connectivity index (χ0n) is 9.74. The molecule has 1 heterocycles. The molecule has 0 aliphatic heterocycles. The standard InChI is InChI=1S/C12H12FN3OS/c1-7-11(14)15-10(16-12(7)17)6-18-9-5-3-2-4-8(9)13/h2-5H,6H2,1H3,(H3,14,15,16,17). The summed E-state index contributed by atoms with van der Waals surface area (Å²) in [5, 5.41) is 0. The molecule has 0 radical (unpaired) electrons. The van der Waals surface area contributed by atoms with Crippen LogP contribution in [0.5, 0.6) is 0 Å². The Hall–Kier alpha value is -1.82. The molecule has 0 aliphatic carbocycles. The van der Waals surface area contributed by atoms with E-state index >= 15 is 0 Å². The molecule has 0 spiro atoms. The number of nitrogens with one attached hydrogen (secondary N) is 1. The first-order valence-electron chi connectivity index (χ1n) is 5.30. The molecule has 0 saturated heterocycles. The predicted octanol–water partition coefficient (Wildman–Crippen LogP) is 2.09. The van der Waals surface area contributed by atoms with Gasteiger partial charge in [0.1, 0.15) is 17.5 Å². The van der Waals surface area contributed by atoms with Crippen LogP contribution < -0.4 is 11.3 Å². The van der Waals surface area contributed by atoms with Gasteiger partial charge in [0.25, 0.3) is 5.56 Å². The number of rotatable bonds is 3. The van der Waals surface area contributed by atoms with Gasteiger partial charge in [-0.2, -0.15) is 0 Å². The summed E-state index contributed by atoms with van der Waals surface area (Å²) in [6.07, 6.45) is 0. The van der Waals surface area contributed by atoms with Crippen molar-refractivity contribution in [3.8, 4) is 0 Å². The highest BCUT2D eigenvalue weighted by Gasteiger charge is 2.06. The third kappa shape index (κ3) is 2.70. The number of hydrogen-bond acceptors (Lipinski definition) is 4. The van der Waals surface area contributed by atoms with Crippen molar-refractivity contribution in [3.05, 3.63) is 51.8 Å². The van der Waals surface area contributed by atoms with Gasteiger partial charge in [0.05, 0.1) is 11.3 Å². The maximum absolute atomic E-state index is 13.4. The first kappa shape index (κ1) is 12.6. The monoisotopic (exact) mass is 265 g/mol. The topological polar surface area (TPSA) is 71.8 Å². The summed E-state index contributed by atoms with van der Waals surface area (Å²) in [5.41, 5.74) is 5.75. The van der Waals surface area contributed by atoms with Crippen LogP contribution in [0.2, 0.25) is 0 Å². The minimum atomic E-state index is -0.287. The number of halogens is 1. The molecule has 1 aromatic heterocycles. The number of nitrogen functional groups attached to an aromatic ring is 1. The lowest BCUT2D eigenvalue weighted by molar-refractivity contribution is 0.602. The van der Waals surface area contributed by atoms with Gasteiger partial charge in [0.2, 0.25) is 0 Å². The lowest BCUT2D eigenvalue weighted by atomic mass is 10.3. The Bertz CT molecular complexity index is 627. The molecule has 0 aliphatic rings. The van der Waals surface area contributed by atoms with Gasteiger partial charge in [0.15, 0.2) is 0 Å². The second kappa shape index (κ2) is 5.22. The molecule has 2 aromatic rings. The molecule has 1 aromatic carbocycles. The van der Waals surface area contributed by atoms with Crippen LogP contribution in [0, 0.1) is 12.7 Å². The average Bonchev–Trinajstić information content (AvgIpc) is 2.35. The smallest absolute Gasteiger partial charge is 0.255 e. The number of aromatic amines is 1. The van der Waals surface area contributed by atoms with E-state index < -0.39 is 0 Å². The number of nitrogens with zero attached hydrogens (tertiary/aromatic N) is 1. The van der Waals surface area contributed by atoms with Gasteiger partial charge in [-0.1, -0.05) is 12.1 Å². The molecule has 94 valence electrons. The molecule has 0 atom stereocenters. The summed E-state index contributed by atoms with van der Waals surface area (Å²) in [6, 6.07) is 6.45. The van der Waals surface area contributed by atoms with Crippen molar-refractivity contribution in [1.82, 2.24) is 9.97 Å². The number of H-pyrrole nitrogens is 1. The van der Waals surface area contributed by atoms with Crippen molar-refractivity contribution in [2.24, 2.45) is 0 Å². The maximum atomic E-state index is 13.4. The molecule has 0 fully saturated rings. The van der Waals surface area contributed by atoms with E-state index in [9.17, 15) is 9.18 Å². The summed E-state index contributed by atoms with van der Waals surface area (Å²) < 4.78 is 13.4. The molecular weight excluding hydrogens is 253 g/mol. The molecular formula is C12H12FN3OS. The molecule has 18 heavy (non-hydrogen) atoms. The number of thioether (sulfide) groups is 1. The fourth-order valence-electron chi connectivity index (χ4n) is 1.37. The van der Waals surface area contributed by atoms with Gasteiger partial charge in [-0.05, 0) is 19.1 Å². The maximum Gasteiger partial charge on any atom is 0.255 e. The molecule has 0 saturated carbocycles. The Morgan fingerprint density at radius 2 is 2.17 bits per heavy atom. The Morgan fingerprint density at radius 3 is 2.83 bits per heavy atom. The first-order valence-corrected chi connectivity index (χ1v) is 6.29. The van der Waals surface area contributed by atoms with Crippen molar-refractivity contribution < 1.29 is 4.39 Å². The van der Waals surface area contributed by atoms with E-state index in [-0.39, 0.29) is 17.2 Å². The van der Waals surface area contributed by atoms with Gasteiger partial charge in [-0.25, -0.2) is 9.37 Å². The van der Waals surface area contributed by atoms with E-state index in [0.29, 0.717) is 22.0 Å². The van der Waals surface area contributed by atoms with Crippen molar-refractivity contribution in [2.45, 2.75) is 17.6 Å². The minimum Gasteiger partial charge on any atom is -0.383 e. The van der Waals surface area contributed by atoms with Crippen LogP contribution >= 0.6 is 11.8 Å². The molecule has 6 heteroatoms. The normalized spacial score (nSPS) is 10.6. The summed E-state index contributed by atoms with van der Waals surface area (Å²) in [4.78, 5) is 18.7. The highest BCUT2D eigenvalue weighted by molar-refractivity contribution is 7.98. The third-order valence-corrected chi connectivity index (χ3v) is 3.50. The molecule has 2 rings (SSSR count). The number of anilines is 1. The summed E-state index contributed by atoms with van der Waals surface area (Å²) in [5.74, 6) is 0.727. The lowest BCUT2D eigenvalue weighted by Crippen LogP contribution is -2.16. The van der Waals surface area contributed by atoms with E-state index in [1.54, 1.807) is 25.1 Å². The number of benzene rings is 1. The second-order valence-electron chi connectivity index (χ2n) is 3.74. The molecule has 0 bridgehead atoms. The first-order chi connectivity index (χ1) is 8.58. The van der Waals surface area contributed by atoms with Gasteiger partial charge < -0.3 is 10.7 Å². The quantitative estimate of drug-likeness (QED) is 0.834. The highest BCUT2D eigenvalue weighted by Crippen LogP contribution is 2.23. The van der Waals surface area contributed by atoms with Crippen LogP contribution in [-0.4, -0.2) is 9.97 Å². The molecule has 4 nitrogen and oxygen atoms in total. The van der Waals surface area contributed by atoms with Crippen molar-refractivity contribution in [2.75, 3.05) is 5.73 Å². The summed E-state index contributed by atoms with van der Waals surface area (Å²) in [6.45, 7) is 1.61. The molecule has 3 N–H and O–H groups in total. The minimum absolute atomic E-state index is 0.211. The highest BCUT2D eigenvalue weighted by atomic mass is 32.2. The van der Waals surface area contributed by atoms with Gasteiger partial charge in [-0.15, -0.1) is 11.8 Å². The average molecular weight is 265 g/mol. The zero-order chi connectivity index (χ0) is 13.1. The molecule has 0 unspecified atom stereocenters. The Balaban J connectivity index is 2.17. The lowest BCUT2D eigenvalue weighted by Gasteiger charge is -2.04. The number of nitrogens with two attached hydrogens (primary N) is 1. The fourth-order valence-corrected chi connectivity index (χ4v) is 2.18. The number of hydrogen-bond donors (Lipinski definition) is 2. The van der Waals surface area contributed by atoms with E-state index in [2.05, 4.69) is 9.97 Å². The van der Waals surface area contributed by atoms with Gasteiger partial charge >= 0.3 is 0 Å². The van der Waals surface area contributed by atoms with Crippen molar-refractivity contribution in [1.29, 1.82) is 0 Å². The van der Waals surface area contributed by atoms with E-state index in [0.717, 1.165) is 0 Å². The van der Waals surface area contributed by atoms with Crippen LogP contribution in [0.15, 0.2) is 34.0 Å². The van der Waals surface area contributed by atoms with Crippen LogP contribution in [0.3, 0.4) is 0 Å². The second-order valence-corrected chi connectivity index (χ2v) is 4.76. The van der Waals surface area contributed by atoms with Crippen LogP contribution in [0.25, 0.3) is 0 Å². The summed E-state index contributed by atoms with van der Waals surface area (Å²) >= 11 is 1.26. The molecule has 0 amide bonds. The van der Waals surface area contributed by atoms with Crippen LogP contribution in [0.1, 0.15) is 11.4 Å². The van der Waals surface area contributed by atoms with Gasteiger partial charge in [-0.3, -0.25) is 4.79 Å². The Morgan fingerprint density at radius 1 is 1.44 bits per heavy atom. The van der Waals surface area contributed by atoms with Crippen LogP contribution in [0.4, 0.5) is 10.2 Å². The Labute approximate surface area is 107 Å². The zero-order valence-corrected chi connectivity index (χ0v) is 10.6. The van der Waals surface area contributed by atoms with E-state index in [4.69, 9.17) is 5.73 Å². The third-order valence-electron chi connectivity index (χ3n) is 2.44. The van der Waals surface area contributed by atoms with Crippen molar-refractivity contribution in [3.63, 3.8) is 0 Å². The fraction of sp³-hybridized carbons (Fsp3) is 0.167. The SMILES string of the molecule is Cc1c(N)nc(CSc2ccccc2F)[nH]c1=O. The Kier molecular flexibility index (Phi) is 3.66. The summed E-state index contributed by atoms with van der Waals surface area (Å²) in [7, 11) is 0.